The van der Waals surface area contributed by atoms with Crippen LogP contribution in [0.2, 0.25) is 0 Å². The third kappa shape index (κ3) is 3.24. The molecule has 0 saturated carbocycles. The van der Waals surface area contributed by atoms with Crippen molar-refractivity contribution >= 4 is 15.7 Å². The average Bonchev–Trinajstić information content (AvgIpc) is 3.12. The Hall–Kier alpha value is -1.87. The number of hydrogen-bond acceptors (Lipinski definition) is 5. The van der Waals surface area contributed by atoms with E-state index in [0.29, 0.717) is 12.2 Å². The maximum absolute atomic E-state index is 12.1. The van der Waals surface area contributed by atoms with Gasteiger partial charge in [0.15, 0.2) is 0 Å². The first-order valence-corrected chi connectivity index (χ1v) is 8.17. The summed E-state index contributed by atoms with van der Waals surface area (Å²) in [5.74, 6) is 0. The van der Waals surface area contributed by atoms with Crippen LogP contribution in [0.5, 0.6) is 0 Å². The molecule has 3 rings (SSSR count). The maximum atomic E-state index is 12.1. The van der Waals surface area contributed by atoms with Crippen LogP contribution in [0.1, 0.15) is 12.8 Å². The van der Waals surface area contributed by atoms with Gasteiger partial charge in [-0.3, -0.25) is 14.1 Å². The normalized spacial score (nSPS) is 19.0. The van der Waals surface area contributed by atoms with Crippen LogP contribution in [0.3, 0.4) is 0 Å². The Balaban J connectivity index is 1.69. The Morgan fingerprint density at radius 1 is 1.38 bits per heavy atom. The fourth-order valence-electron chi connectivity index (χ4n) is 2.26. The third-order valence-electron chi connectivity index (χ3n) is 3.29. The van der Waals surface area contributed by atoms with Crippen LogP contribution in [0.25, 0.3) is 0 Å². The minimum absolute atomic E-state index is 0.122. The van der Waals surface area contributed by atoms with Gasteiger partial charge in [0, 0.05) is 26.0 Å². The van der Waals surface area contributed by atoms with Crippen molar-refractivity contribution < 1.29 is 13.2 Å². The van der Waals surface area contributed by atoms with Crippen molar-refractivity contribution in [3.05, 3.63) is 24.8 Å². The molecule has 1 atom stereocenters. The summed E-state index contributed by atoms with van der Waals surface area (Å²) in [5.41, 5.74) is 0.428. The predicted molar refractivity (Wildman–Crippen MR) is 75.2 cm³/mol. The molecule has 2 aromatic rings. The van der Waals surface area contributed by atoms with Crippen LogP contribution in [0.15, 0.2) is 29.7 Å². The zero-order chi connectivity index (χ0) is 14.9. The molecule has 2 aromatic heterocycles. The molecular formula is C12H17N5O3S. The molecule has 1 aliphatic heterocycles. The van der Waals surface area contributed by atoms with Gasteiger partial charge in [-0.25, -0.2) is 8.42 Å². The first-order valence-electron chi connectivity index (χ1n) is 6.68. The number of aryl methyl sites for hydroxylation is 1. The fourth-order valence-corrected chi connectivity index (χ4v) is 3.28. The number of nitrogens with one attached hydrogen (secondary N) is 1. The number of sulfonamides is 1. The second kappa shape index (κ2) is 5.49. The van der Waals surface area contributed by atoms with Crippen molar-refractivity contribution in [2.45, 2.75) is 30.4 Å². The Morgan fingerprint density at radius 3 is 2.90 bits per heavy atom. The quantitative estimate of drug-likeness (QED) is 0.873. The standard InChI is InChI=1S/C12H17N5O3S/c1-16-9-12(6-13-16)21(18,19)15-10-5-14-17(7-10)8-11-3-2-4-20-11/h5-7,9,11,15H,2-4,8H2,1H3. The average molecular weight is 311 g/mol. The summed E-state index contributed by atoms with van der Waals surface area (Å²) < 4.78 is 35.4. The van der Waals surface area contributed by atoms with E-state index in [1.807, 2.05) is 0 Å². The minimum Gasteiger partial charge on any atom is -0.376 e. The summed E-state index contributed by atoms with van der Waals surface area (Å²) in [4.78, 5) is 0.122. The second-order valence-corrected chi connectivity index (χ2v) is 6.72. The van der Waals surface area contributed by atoms with Crippen LogP contribution in [-0.2, 0) is 28.4 Å². The minimum atomic E-state index is -3.62. The smallest absolute Gasteiger partial charge is 0.265 e. The summed E-state index contributed by atoms with van der Waals surface area (Å²) in [5, 5.41) is 8.01. The number of aromatic nitrogens is 4. The molecule has 0 bridgehead atoms. The van der Waals surface area contributed by atoms with Gasteiger partial charge >= 0.3 is 0 Å². The van der Waals surface area contributed by atoms with Crippen LogP contribution in [-0.4, -0.2) is 40.7 Å². The largest absolute Gasteiger partial charge is 0.376 e. The summed E-state index contributed by atoms with van der Waals surface area (Å²) >= 11 is 0. The van der Waals surface area contributed by atoms with E-state index in [1.165, 1.54) is 23.3 Å². The van der Waals surface area contributed by atoms with Gasteiger partial charge in [0.2, 0.25) is 0 Å². The Labute approximate surface area is 122 Å². The zero-order valence-corrected chi connectivity index (χ0v) is 12.5. The first kappa shape index (κ1) is 14.1. The van der Waals surface area contributed by atoms with E-state index in [-0.39, 0.29) is 11.0 Å². The second-order valence-electron chi connectivity index (χ2n) is 5.04. The maximum Gasteiger partial charge on any atom is 0.265 e. The molecule has 114 valence electrons. The van der Waals surface area contributed by atoms with Gasteiger partial charge in [0.25, 0.3) is 10.0 Å². The third-order valence-corrected chi connectivity index (χ3v) is 4.63. The van der Waals surface area contributed by atoms with E-state index in [2.05, 4.69) is 14.9 Å². The van der Waals surface area contributed by atoms with Gasteiger partial charge in [-0.1, -0.05) is 0 Å². The van der Waals surface area contributed by atoms with Crippen molar-refractivity contribution in [3.63, 3.8) is 0 Å². The van der Waals surface area contributed by atoms with Crippen molar-refractivity contribution in [3.8, 4) is 0 Å². The zero-order valence-electron chi connectivity index (χ0n) is 11.6. The molecule has 1 N–H and O–H groups in total. The number of nitrogens with zero attached hydrogens (tertiary/aromatic N) is 4. The SMILES string of the molecule is Cn1cc(S(=O)(=O)Nc2cnn(CC3CCCO3)c2)cn1. The lowest BCUT2D eigenvalue weighted by Gasteiger charge is -2.08. The molecule has 0 spiro atoms. The highest BCUT2D eigenvalue weighted by Crippen LogP contribution is 2.17. The van der Waals surface area contributed by atoms with Crippen molar-refractivity contribution in [2.24, 2.45) is 7.05 Å². The van der Waals surface area contributed by atoms with Gasteiger partial charge in [0.05, 0.1) is 30.7 Å². The van der Waals surface area contributed by atoms with Gasteiger partial charge in [-0.2, -0.15) is 10.2 Å². The van der Waals surface area contributed by atoms with Crippen molar-refractivity contribution in [1.29, 1.82) is 0 Å². The Bertz CT molecular complexity index is 715. The highest BCUT2D eigenvalue weighted by Gasteiger charge is 2.19. The number of hydrogen-bond donors (Lipinski definition) is 1. The van der Waals surface area contributed by atoms with Crippen LogP contribution in [0, 0.1) is 0 Å². The number of rotatable bonds is 5. The molecule has 3 heterocycles. The topological polar surface area (TPSA) is 91.0 Å². The molecule has 21 heavy (non-hydrogen) atoms. The van der Waals surface area contributed by atoms with E-state index in [1.54, 1.807) is 17.9 Å². The Kier molecular flexibility index (Phi) is 3.68. The predicted octanol–water partition coefficient (Wildman–Crippen LogP) is 0.596. The van der Waals surface area contributed by atoms with E-state index >= 15 is 0 Å². The summed E-state index contributed by atoms with van der Waals surface area (Å²) in [6, 6.07) is 0. The monoisotopic (exact) mass is 311 g/mol. The van der Waals surface area contributed by atoms with Crippen LogP contribution in [0.4, 0.5) is 5.69 Å². The molecule has 0 radical (unpaired) electrons. The van der Waals surface area contributed by atoms with Gasteiger partial charge in [0.1, 0.15) is 4.90 Å². The van der Waals surface area contributed by atoms with E-state index < -0.39 is 10.0 Å². The molecule has 9 heteroatoms. The van der Waals surface area contributed by atoms with Crippen molar-refractivity contribution in [1.82, 2.24) is 19.6 Å². The molecule has 0 amide bonds. The van der Waals surface area contributed by atoms with Gasteiger partial charge in [-0.15, -0.1) is 0 Å². The van der Waals surface area contributed by atoms with Crippen LogP contribution < -0.4 is 4.72 Å². The number of anilines is 1. The molecule has 1 unspecified atom stereocenters. The van der Waals surface area contributed by atoms with Crippen LogP contribution >= 0.6 is 0 Å². The molecule has 8 nitrogen and oxygen atoms in total. The fraction of sp³-hybridized carbons (Fsp3) is 0.500. The summed E-state index contributed by atoms with van der Waals surface area (Å²) in [7, 11) is -1.96. The van der Waals surface area contributed by atoms with Gasteiger partial charge in [-0.05, 0) is 12.8 Å². The van der Waals surface area contributed by atoms with Crippen molar-refractivity contribution in [2.75, 3.05) is 11.3 Å². The highest BCUT2D eigenvalue weighted by molar-refractivity contribution is 7.92. The Morgan fingerprint density at radius 2 is 2.24 bits per heavy atom. The summed E-state index contributed by atoms with van der Waals surface area (Å²) in [6.07, 6.45) is 8.13. The van der Waals surface area contributed by atoms with E-state index in [0.717, 1.165) is 19.4 Å². The lowest BCUT2D eigenvalue weighted by Crippen LogP contribution is -2.15. The molecule has 0 aliphatic carbocycles. The number of ether oxygens (including phenoxy) is 1. The van der Waals surface area contributed by atoms with E-state index in [9.17, 15) is 8.42 Å². The molecule has 0 aromatic carbocycles. The molecule has 1 aliphatic rings. The molecule has 1 fully saturated rings. The van der Waals surface area contributed by atoms with Gasteiger partial charge < -0.3 is 4.74 Å². The molecular weight excluding hydrogens is 294 g/mol. The molecule has 1 saturated heterocycles. The van der Waals surface area contributed by atoms with E-state index in [4.69, 9.17) is 4.74 Å². The lowest BCUT2D eigenvalue weighted by atomic mass is 10.2. The lowest BCUT2D eigenvalue weighted by molar-refractivity contribution is 0.0940. The first-order chi connectivity index (χ1) is 10.0. The highest BCUT2D eigenvalue weighted by atomic mass is 32.2. The summed E-state index contributed by atoms with van der Waals surface area (Å²) in [6.45, 7) is 1.42.